The Kier molecular flexibility index (Phi) is 9.06. The van der Waals surface area contributed by atoms with Crippen LogP contribution in [0.25, 0.3) is 22.5 Å². The van der Waals surface area contributed by atoms with E-state index in [0.717, 1.165) is 33.6 Å². The van der Waals surface area contributed by atoms with E-state index in [1.807, 2.05) is 60.7 Å². The SMILES string of the molecule is CCN=C([O-])NS(=O)(=O)c1sc(CC(C)C)cc1-c1ccc(Cn2c(-c3ccccc3)nc(OC)c2C=O)cc1. The Morgan fingerprint density at radius 1 is 1.15 bits per heavy atom. The summed E-state index contributed by atoms with van der Waals surface area (Å²) in [4.78, 5) is 21.0. The van der Waals surface area contributed by atoms with Gasteiger partial charge in [0.2, 0.25) is 5.88 Å². The van der Waals surface area contributed by atoms with E-state index in [9.17, 15) is 18.3 Å². The molecule has 4 aromatic rings. The van der Waals surface area contributed by atoms with Crippen molar-refractivity contribution in [1.82, 2.24) is 14.3 Å². The average Bonchev–Trinajstić information content (AvgIpc) is 3.51. The molecule has 4 rings (SSSR count). The molecule has 210 valence electrons. The molecule has 0 aliphatic rings. The third kappa shape index (κ3) is 6.43. The largest absolute Gasteiger partial charge is 0.846 e. The lowest BCUT2D eigenvalue weighted by molar-refractivity contribution is -0.219. The number of aromatic nitrogens is 2. The van der Waals surface area contributed by atoms with Crippen LogP contribution in [0.1, 0.15) is 41.7 Å². The number of amidine groups is 1. The van der Waals surface area contributed by atoms with E-state index in [2.05, 4.69) is 28.5 Å². The minimum absolute atomic E-state index is 0.0736. The zero-order chi connectivity index (χ0) is 28.9. The number of nitrogens with one attached hydrogen (secondary N) is 1. The summed E-state index contributed by atoms with van der Waals surface area (Å²) in [5.41, 5.74) is 3.25. The minimum Gasteiger partial charge on any atom is -0.846 e. The lowest BCUT2D eigenvalue weighted by Gasteiger charge is -2.14. The van der Waals surface area contributed by atoms with E-state index in [-0.39, 0.29) is 16.6 Å². The van der Waals surface area contributed by atoms with Gasteiger partial charge in [0.25, 0.3) is 10.0 Å². The fraction of sp³-hybridized carbons (Fsp3) is 0.276. The molecule has 0 fully saturated rings. The predicted molar refractivity (Wildman–Crippen MR) is 155 cm³/mol. The molecule has 0 bridgehead atoms. The molecule has 0 amide bonds. The van der Waals surface area contributed by atoms with Gasteiger partial charge >= 0.3 is 0 Å². The van der Waals surface area contributed by atoms with Gasteiger partial charge in [0.15, 0.2) is 6.29 Å². The Bertz CT molecular complexity index is 1610. The highest BCUT2D eigenvalue weighted by Gasteiger charge is 2.24. The minimum atomic E-state index is -4.12. The standard InChI is InChI=1S/C29H32N4O5S2/c1-5-30-29(35)32-40(36,37)28-24(16-23(39-28)15-19(2)3)21-13-11-20(12-14-21)17-33-25(18-34)27(38-4)31-26(33)22-9-7-6-8-10-22/h6-14,16,18-19H,5,15,17H2,1-4H3,(H2,30,32,35)/p-1. The zero-order valence-corrected chi connectivity index (χ0v) is 24.4. The van der Waals surface area contributed by atoms with Crippen LogP contribution < -0.4 is 14.6 Å². The Morgan fingerprint density at radius 2 is 1.85 bits per heavy atom. The maximum atomic E-state index is 13.2. The maximum Gasteiger partial charge on any atom is 0.272 e. The number of carbonyl (C=O) groups is 1. The highest BCUT2D eigenvalue weighted by molar-refractivity contribution is 7.92. The Hall–Kier alpha value is -3.96. The number of carbonyl (C=O) groups excluding carboxylic acids is 1. The molecule has 0 aliphatic heterocycles. The number of sulfonamides is 1. The van der Waals surface area contributed by atoms with Crippen molar-refractivity contribution in [3.05, 3.63) is 76.8 Å². The molecule has 9 nitrogen and oxygen atoms in total. The van der Waals surface area contributed by atoms with Gasteiger partial charge in [-0.2, -0.15) is 4.98 Å². The average molecular weight is 580 g/mol. The van der Waals surface area contributed by atoms with Crippen molar-refractivity contribution < 1.29 is 23.1 Å². The van der Waals surface area contributed by atoms with Crippen LogP contribution in [0.5, 0.6) is 5.88 Å². The Labute approximate surface area is 238 Å². The van der Waals surface area contributed by atoms with Crippen molar-refractivity contribution in [3.63, 3.8) is 0 Å². The van der Waals surface area contributed by atoms with Crippen molar-refractivity contribution >= 4 is 33.7 Å². The van der Waals surface area contributed by atoms with Gasteiger partial charge in [-0.25, -0.2) is 8.42 Å². The van der Waals surface area contributed by atoms with Crippen LogP contribution in [-0.4, -0.2) is 43.9 Å². The van der Waals surface area contributed by atoms with Crippen molar-refractivity contribution in [2.24, 2.45) is 10.9 Å². The molecule has 1 N–H and O–H groups in total. The highest BCUT2D eigenvalue weighted by Crippen LogP contribution is 2.36. The van der Waals surface area contributed by atoms with Crippen LogP contribution in [0.4, 0.5) is 0 Å². The van der Waals surface area contributed by atoms with E-state index >= 15 is 0 Å². The number of benzene rings is 2. The zero-order valence-electron chi connectivity index (χ0n) is 22.7. The normalized spacial score (nSPS) is 12.1. The van der Waals surface area contributed by atoms with Crippen molar-refractivity contribution in [1.29, 1.82) is 0 Å². The quantitative estimate of drug-likeness (QED) is 0.160. The highest BCUT2D eigenvalue weighted by atomic mass is 32.2. The molecule has 0 saturated heterocycles. The van der Waals surface area contributed by atoms with E-state index in [1.165, 1.54) is 7.11 Å². The lowest BCUT2D eigenvalue weighted by Crippen LogP contribution is -2.39. The number of thiophene rings is 1. The fourth-order valence-corrected chi connectivity index (χ4v) is 7.17. The topological polar surface area (TPSA) is 126 Å². The number of aliphatic imine (C=N–C) groups is 1. The number of methoxy groups -OCH3 is 1. The van der Waals surface area contributed by atoms with Crippen LogP contribution in [0, 0.1) is 5.92 Å². The number of rotatable bonds is 11. The monoisotopic (exact) mass is 579 g/mol. The molecular weight excluding hydrogens is 548 g/mol. The summed E-state index contributed by atoms with van der Waals surface area (Å²) in [6.07, 6.45) is 1.43. The smallest absolute Gasteiger partial charge is 0.272 e. The predicted octanol–water partition coefficient (Wildman–Crippen LogP) is 4.36. The molecule has 0 aliphatic carbocycles. The second-order valence-corrected chi connectivity index (χ2v) is 12.5. The maximum absolute atomic E-state index is 13.2. The third-order valence-corrected chi connectivity index (χ3v) is 9.05. The number of aldehydes is 1. The molecule has 2 heterocycles. The Morgan fingerprint density at radius 3 is 2.45 bits per heavy atom. The molecule has 2 aromatic heterocycles. The van der Waals surface area contributed by atoms with Gasteiger partial charge in [-0.1, -0.05) is 68.4 Å². The molecule has 0 spiro atoms. The van der Waals surface area contributed by atoms with Gasteiger partial charge in [-0.15, -0.1) is 11.3 Å². The fourth-order valence-electron chi connectivity index (χ4n) is 4.31. The first-order valence-electron chi connectivity index (χ1n) is 12.8. The van der Waals surface area contributed by atoms with Crippen LogP contribution in [0.2, 0.25) is 0 Å². The first kappa shape index (κ1) is 29.0. The summed E-state index contributed by atoms with van der Waals surface area (Å²) in [7, 11) is -2.65. The van der Waals surface area contributed by atoms with Gasteiger partial charge in [-0.05, 0) is 36.5 Å². The van der Waals surface area contributed by atoms with E-state index in [4.69, 9.17) is 4.74 Å². The molecule has 40 heavy (non-hydrogen) atoms. The van der Waals surface area contributed by atoms with Crippen LogP contribution >= 0.6 is 11.3 Å². The first-order valence-corrected chi connectivity index (χ1v) is 15.1. The lowest BCUT2D eigenvalue weighted by atomic mass is 10.0. The van der Waals surface area contributed by atoms with Crippen LogP contribution in [-0.2, 0) is 23.0 Å². The second-order valence-electron chi connectivity index (χ2n) is 9.49. The summed E-state index contributed by atoms with van der Waals surface area (Å²) < 4.78 is 35.6. The van der Waals surface area contributed by atoms with Gasteiger partial charge in [-0.3, -0.25) is 14.5 Å². The second kappa shape index (κ2) is 12.5. The van der Waals surface area contributed by atoms with Crippen molar-refractivity contribution in [2.45, 2.75) is 37.9 Å². The summed E-state index contributed by atoms with van der Waals surface area (Å²) in [6.45, 7) is 6.31. The van der Waals surface area contributed by atoms with Gasteiger partial charge in [0.1, 0.15) is 15.7 Å². The number of hydrogen-bond acceptors (Lipinski definition) is 8. The summed E-state index contributed by atoms with van der Waals surface area (Å²) >= 11 is 1.16. The van der Waals surface area contributed by atoms with E-state index in [0.29, 0.717) is 41.5 Å². The van der Waals surface area contributed by atoms with Gasteiger partial charge < -0.3 is 14.4 Å². The molecule has 2 aromatic carbocycles. The Balaban J connectivity index is 1.71. The number of nitrogens with zero attached hydrogens (tertiary/aromatic N) is 3. The van der Waals surface area contributed by atoms with Crippen molar-refractivity contribution in [2.75, 3.05) is 13.7 Å². The molecule has 0 unspecified atom stereocenters. The number of hydrogen-bond donors (Lipinski definition) is 1. The van der Waals surface area contributed by atoms with Gasteiger partial charge in [0, 0.05) is 29.1 Å². The van der Waals surface area contributed by atoms with Gasteiger partial charge in [0.05, 0.1) is 13.1 Å². The summed E-state index contributed by atoms with van der Waals surface area (Å²) in [5.74, 6) is 1.17. The first-order chi connectivity index (χ1) is 19.2. The summed E-state index contributed by atoms with van der Waals surface area (Å²) in [6, 6.07) is 17.9. The summed E-state index contributed by atoms with van der Waals surface area (Å²) in [5, 5.41) is 12.0. The third-order valence-electron chi connectivity index (χ3n) is 6.04. The van der Waals surface area contributed by atoms with Crippen LogP contribution in [0.15, 0.2) is 69.9 Å². The number of imidazole rings is 1. The molecule has 0 saturated carbocycles. The van der Waals surface area contributed by atoms with Crippen LogP contribution in [0.3, 0.4) is 0 Å². The molecule has 0 radical (unpaired) electrons. The van der Waals surface area contributed by atoms with E-state index < -0.39 is 16.0 Å². The molecule has 11 heteroatoms. The number of ether oxygens (including phenoxy) is 1. The van der Waals surface area contributed by atoms with E-state index in [1.54, 1.807) is 11.5 Å². The molecular formula is C29H31N4O5S2-. The van der Waals surface area contributed by atoms with Crippen molar-refractivity contribution in [3.8, 4) is 28.4 Å². The molecule has 0 atom stereocenters.